The summed E-state index contributed by atoms with van der Waals surface area (Å²) in [5.74, 6) is -0.393. The molecule has 0 saturated carbocycles. The second-order valence-corrected chi connectivity index (χ2v) is 3.54. The molecule has 0 aromatic heterocycles. The first-order chi connectivity index (χ1) is 7.68. The van der Waals surface area contributed by atoms with Gasteiger partial charge in [0.2, 0.25) is 0 Å². The van der Waals surface area contributed by atoms with E-state index in [4.69, 9.17) is 0 Å². The summed E-state index contributed by atoms with van der Waals surface area (Å²) >= 11 is 0. The fourth-order valence-electron chi connectivity index (χ4n) is 1.61. The number of phenolic OH excluding ortho intramolecular Hbond substituents is 1. The number of nitrogens with zero attached hydrogens (tertiary/aromatic N) is 1. The highest BCUT2D eigenvalue weighted by molar-refractivity contribution is 6.12. The molecular formula is C12H11NO3. The molecule has 2 rings (SSSR count). The molecule has 0 atom stereocenters. The van der Waals surface area contributed by atoms with Crippen molar-refractivity contribution in [3.63, 3.8) is 0 Å². The van der Waals surface area contributed by atoms with Crippen molar-refractivity contribution < 1.29 is 14.7 Å². The zero-order valence-corrected chi connectivity index (χ0v) is 8.59. The predicted molar refractivity (Wildman–Crippen MR) is 57.7 cm³/mol. The number of para-hydroxylation sites is 1. The van der Waals surface area contributed by atoms with Gasteiger partial charge in [-0.2, -0.15) is 0 Å². The number of phenols is 1. The van der Waals surface area contributed by atoms with Crippen molar-refractivity contribution in [2.45, 2.75) is 6.42 Å². The quantitative estimate of drug-likeness (QED) is 0.764. The molecule has 4 heteroatoms. The normalized spacial score (nSPS) is 14.9. The Hall–Kier alpha value is -2.10. The molecule has 0 bridgehead atoms. The van der Waals surface area contributed by atoms with Gasteiger partial charge >= 0.3 is 0 Å². The Labute approximate surface area is 92.8 Å². The maximum absolute atomic E-state index is 11.2. The Bertz CT molecular complexity index is 447. The van der Waals surface area contributed by atoms with Crippen molar-refractivity contribution in [1.82, 2.24) is 4.90 Å². The molecule has 4 nitrogen and oxygen atoms in total. The van der Waals surface area contributed by atoms with E-state index in [0.29, 0.717) is 13.0 Å². The fourth-order valence-corrected chi connectivity index (χ4v) is 1.61. The van der Waals surface area contributed by atoms with Crippen molar-refractivity contribution in [2.24, 2.45) is 0 Å². The van der Waals surface area contributed by atoms with Gasteiger partial charge in [0.05, 0.1) is 0 Å². The standard InChI is InChI=1S/C12H11NO3/c14-10-4-2-1-3-9(10)7-8-13-11(15)5-6-12(13)16/h1-6,14H,7-8H2. The van der Waals surface area contributed by atoms with Crippen molar-refractivity contribution in [3.05, 3.63) is 42.0 Å². The number of carbonyl (C=O) groups excluding carboxylic acids is 2. The van der Waals surface area contributed by atoms with E-state index in [9.17, 15) is 14.7 Å². The highest BCUT2D eigenvalue weighted by Gasteiger charge is 2.22. The number of benzene rings is 1. The van der Waals surface area contributed by atoms with Crippen molar-refractivity contribution in [1.29, 1.82) is 0 Å². The molecule has 1 N–H and O–H groups in total. The Morgan fingerprint density at radius 2 is 1.69 bits per heavy atom. The van der Waals surface area contributed by atoms with Crippen LogP contribution in [0.5, 0.6) is 5.75 Å². The van der Waals surface area contributed by atoms with Gasteiger partial charge in [0.25, 0.3) is 11.8 Å². The third kappa shape index (κ3) is 1.95. The summed E-state index contributed by atoms with van der Waals surface area (Å²) in [6.07, 6.45) is 2.98. The lowest BCUT2D eigenvalue weighted by Crippen LogP contribution is -2.31. The largest absolute Gasteiger partial charge is 0.508 e. The molecule has 16 heavy (non-hydrogen) atoms. The number of rotatable bonds is 3. The van der Waals surface area contributed by atoms with Crippen LogP contribution in [0.25, 0.3) is 0 Å². The molecule has 1 aromatic rings. The Morgan fingerprint density at radius 3 is 2.31 bits per heavy atom. The van der Waals surface area contributed by atoms with E-state index in [2.05, 4.69) is 0 Å². The summed E-state index contributed by atoms with van der Waals surface area (Å²) in [6.45, 7) is 0.294. The van der Waals surface area contributed by atoms with Gasteiger partial charge in [-0.1, -0.05) is 18.2 Å². The average molecular weight is 217 g/mol. The fraction of sp³-hybridized carbons (Fsp3) is 0.167. The molecule has 1 aliphatic heterocycles. The molecule has 0 unspecified atom stereocenters. The number of carbonyl (C=O) groups is 2. The number of aromatic hydroxyl groups is 1. The number of amides is 2. The van der Waals surface area contributed by atoms with Crippen molar-refractivity contribution in [3.8, 4) is 5.75 Å². The minimum Gasteiger partial charge on any atom is -0.508 e. The van der Waals surface area contributed by atoms with E-state index in [0.717, 1.165) is 10.5 Å². The van der Waals surface area contributed by atoms with E-state index in [1.807, 2.05) is 0 Å². The highest BCUT2D eigenvalue weighted by Crippen LogP contribution is 2.17. The Kier molecular flexibility index (Phi) is 2.72. The maximum atomic E-state index is 11.2. The van der Waals surface area contributed by atoms with E-state index >= 15 is 0 Å². The molecular weight excluding hydrogens is 206 g/mol. The lowest BCUT2D eigenvalue weighted by Gasteiger charge is -2.13. The maximum Gasteiger partial charge on any atom is 0.253 e. The van der Waals surface area contributed by atoms with Crippen LogP contribution in [0.3, 0.4) is 0 Å². The van der Waals surface area contributed by atoms with Crippen molar-refractivity contribution in [2.75, 3.05) is 6.54 Å². The van der Waals surface area contributed by atoms with Gasteiger partial charge in [0, 0.05) is 18.7 Å². The molecule has 0 aliphatic carbocycles. The predicted octanol–water partition coefficient (Wildman–Crippen LogP) is 0.860. The van der Waals surface area contributed by atoms with Crippen LogP contribution in [0.15, 0.2) is 36.4 Å². The molecule has 1 heterocycles. The topological polar surface area (TPSA) is 57.6 Å². The smallest absolute Gasteiger partial charge is 0.253 e. The molecule has 2 amide bonds. The second-order valence-electron chi connectivity index (χ2n) is 3.54. The zero-order chi connectivity index (χ0) is 11.5. The van der Waals surface area contributed by atoms with Gasteiger partial charge in [-0.15, -0.1) is 0 Å². The molecule has 0 radical (unpaired) electrons. The Morgan fingerprint density at radius 1 is 1.06 bits per heavy atom. The number of hydrogen-bond donors (Lipinski definition) is 1. The van der Waals surface area contributed by atoms with E-state index in [-0.39, 0.29) is 17.6 Å². The van der Waals surface area contributed by atoms with E-state index in [1.54, 1.807) is 24.3 Å². The van der Waals surface area contributed by atoms with Crippen LogP contribution in [-0.4, -0.2) is 28.4 Å². The van der Waals surface area contributed by atoms with Crippen LogP contribution in [-0.2, 0) is 16.0 Å². The summed E-state index contributed by atoms with van der Waals surface area (Å²) in [5, 5.41) is 9.51. The number of imide groups is 1. The number of hydrogen-bond acceptors (Lipinski definition) is 3. The van der Waals surface area contributed by atoms with Gasteiger partial charge in [0.15, 0.2) is 0 Å². The summed E-state index contributed by atoms with van der Waals surface area (Å²) in [4.78, 5) is 23.7. The first-order valence-electron chi connectivity index (χ1n) is 4.99. The van der Waals surface area contributed by atoms with Gasteiger partial charge in [-0.05, 0) is 18.1 Å². The molecule has 1 aromatic carbocycles. The van der Waals surface area contributed by atoms with E-state index < -0.39 is 0 Å². The van der Waals surface area contributed by atoms with Crippen LogP contribution in [0.2, 0.25) is 0 Å². The molecule has 0 saturated heterocycles. The van der Waals surface area contributed by atoms with Gasteiger partial charge in [-0.25, -0.2) is 0 Å². The third-order valence-electron chi connectivity index (χ3n) is 2.50. The first kappa shape index (κ1) is 10.4. The van der Waals surface area contributed by atoms with Crippen LogP contribution >= 0.6 is 0 Å². The molecule has 0 spiro atoms. The summed E-state index contributed by atoms with van der Waals surface area (Å²) in [5.41, 5.74) is 0.731. The van der Waals surface area contributed by atoms with Crippen LogP contribution in [0.1, 0.15) is 5.56 Å². The van der Waals surface area contributed by atoms with Crippen molar-refractivity contribution >= 4 is 11.8 Å². The van der Waals surface area contributed by atoms with Gasteiger partial charge < -0.3 is 5.11 Å². The third-order valence-corrected chi connectivity index (χ3v) is 2.50. The lowest BCUT2D eigenvalue weighted by atomic mass is 10.1. The van der Waals surface area contributed by atoms with Gasteiger partial charge in [-0.3, -0.25) is 14.5 Å². The minimum absolute atomic E-state index is 0.189. The van der Waals surface area contributed by atoms with Crippen LogP contribution in [0.4, 0.5) is 0 Å². The zero-order valence-electron chi connectivity index (χ0n) is 8.59. The monoisotopic (exact) mass is 217 g/mol. The van der Waals surface area contributed by atoms with Crippen LogP contribution in [0, 0.1) is 0 Å². The SMILES string of the molecule is O=C1C=CC(=O)N1CCc1ccccc1O. The average Bonchev–Trinajstić information content (AvgIpc) is 2.58. The second kappa shape index (κ2) is 4.18. The van der Waals surface area contributed by atoms with Crippen LogP contribution < -0.4 is 0 Å². The molecule has 1 aliphatic rings. The summed E-state index contributed by atoms with van der Waals surface area (Å²) in [7, 11) is 0. The Balaban J connectivity index is 2.01. The first-order valence-corrected chi connectivity index (χ1v) is 4.99. The van der Waals surface area contributed by atoms with Gasteiger partial charge in [0.1, 0.15) is 5.75 Å². The van der Waals surface area contributed by atoms with E-state index in [1.165, 1.54) is 12.2 Å². The molecule has 0 fully saturated rings. The molecule has 82 valence electrons. The summed E-state index contributed by atoms with van der Waals surface area (Å²) in [6, 6.07) is 6.89. The summed E-state index contributed by atoms with van der Waals surface area (Å²) < 4.78 is 0. The highest BCUT2D eigenvalue weighted by atomic mass is 16.3. The minimum atomic E-state index is -0.291. The lowest BCUT2D eigenvalue weighted by molar-refractivity contribution is -0.136.